The number of nitrogens with two attached hydrogens (primary N) is 1. The first-order valence-corrected chi connectivity index (χ1v) is 8.26. The average molecular weight is 281 g/mol. The molecule has 0 saturated carbocycles. The normalized spacial score (nSPS) is 13.8. The number of hydrogen-bond acceptors (Lipinski definition) is 4. The van der Waals surface area contributed by atoms with Crippen LogP contribution in [-0.4, -0.2) is 24.6 Å². The highest BCUT2D eigenvalue weighted by Crippen LogP contribution is 2.21. The Hall–Kier alpha value is -1.40. The van der Waals surface area contributed by atoms with Crippen LogP contribution in [0.5, 0.6) is 0 Å². The van der Waals surface area contributed by atoms with Gasteiger partial charge in [-0.15, -0.1) is 0 Å². The van der Waals surface area contributed by atoms with Crippen molar-refractivity contribution < 1.29 is 8.42 Å². The largest absolute Gasteiger partial charge is 0.341 e. The SMILES string of the molecule is CCCCC(N)c1nc2ccc(S(C)(=O)=O)cc2[nH]1. The number of aromatic amines is 1. The van der Waals surface area contributed by atoms with Gasteiger partial charge in [0.05, 0.1) is 22.0 Å². The van der Waals surface area contributed by atoms with E-state index in [9.17, 15) is 8.42 Å². The molecule has 6 heteroatoms. The van der Waals surface area contributed by atoms with Crippen molar-refractivity contribution in [3.8, 4) is 0 Å². The molecule has 0 fully saturated rings. The van der Waals surface area contributed by atoms with Crippen molar-refractivity contribution in [1.82, 2.24) is 9.97 Å². The summed E-state index contributed by atoms with van der Waals surface area (Å²) in [7, 11) is -3.20. The Labute approximate surface area is 113 Å². The van der Waals surface area contributed by atoms with Crippen LogP contribution in [0.4, 0.5) is 0 Å². The lowest BCUT2D eigenvalue weighted by molar-refractivity contribution is 0.581. The summed E-state index contributed by atoms with van der Waals surface area (Å²) < 4.78 is 23.0. The highest BCUT2D eigenvalue weighted by molar-refractivity contribution is 7.90. The van der Waals surface area contributed by atoms with Crippen LogP contribution in [0.1, 0.15) is 38.1 Å². The summed E-state index contributed by atoms with van der Waals surface area (Å²) in [5, 5.41) is 0. The number of nitrogens with one attached hydrogen (secondary N) is 1. The van der Waals surface area contributed by atoms with Crippen LogP contribution < -0.4 is 5.73 Å². The van der Waals surface area contributed by atoms with Crippen molar-refractivity contribution in [2.45, 2.75) is 37.1 Å². The third-order valence-electron chi connectivity index (χ3n) is 3.12. The molecule has 1 aromatic carbocycles. The second-order valence-electron chi connectivity index (χ2n) is 4.82. The summed E-state index contributed by atoms with van der Waals surface area (Å²) in [4.78, 5) is 7.82. The quantitative estimate of drug-likeness (QED) is 0.879. The maximum absolute atomic E-state index is 11.5. The molecule has 1 heterocycles. The number of imidazole rings is 1. The Kier molecular flexibility index (Phi) is 3.91. The highest BCUT2D eigenvalue weighted by atomic mass is 32.2. The molecule has 1 aromatic heterocycles. The van der Waals surface area contributed by atoms with Crippen LogP contribution >= 0.6 is 0 Å². The van der Waals surface area contributed by atoms with Crippen molar-refractivity contribution in [2.75, 3.05) is 6.26 Å². The number of sulfone groups is 1. The van der Waals surface area contributed by atoms with Crippen LogP contribution in [0.2, 0.25) is 0 Å². The molecule has 0 aliphatic rings. The summed E-state index contributed by atoms with van der Waals surface area (Å²) in [5.74, 6) is 0.717. The van der Waals surface area contributed by atoms with Gasteiger partial charge < -0.3 is 10.7 Å². The zero-order chi connectivity index (χ0) is 14.0. The minimum atomic E-state index is -3.20. The van der Waals surface area contributed by atoms with E-state index in [1.807, 2.05) is 0 Å². The lowest BCUT2D eigenvalue weighted by Gasteiger charge is -2.06. The fraction of sp³-hybridized carbons (Fsp3) is 0.462. The molecule has 3 N–H and O–H groups in total. The number of H-pyrrole nitrogens is 1. The second-order valence-corrected chi connectivity index (χ2v) is 6.84. The molecule has 0 saturated heterocycles. The van der Waals surface area contributed by atoms with E-state index in [2.05, 4.69) is 16.9 Å². The second kappa shape index (κ2) is 5.30. The summed E-state index contributed by atoms with van der Waals surface area (Å²) in [5.41, 5.74) is 7.51. The predicted octanol–water partition coefficient (Wildman–Crippen LogP) is 2.16. The number of unbranched alkanes of at least 4 members (excludes halogenated alkanes) is 1. The molecule has 2 aromatic rings. The van der Waals surface area contributed by atoms with E-state index in [0.29, 0.717) is 11.3 Å². The first kappa shape index (κ1) is 14.0. The first-order chi connectivity index (χ1) is 8.91. The van der Waals surface area contributed by atoms with Gasteiger partial charge in [0.1, 0.15) is 5.82 Å². The van der Waals surface area contributed by atoms with Crippen molar-refractivity contribution in [3.63, 3.8) is 0 Å². The molecule has 1 unspecified atom stereocenters. The molecule has 1 atom stereocenters. The summed E-state index contributed by atoms with van der Waals surface area (Å²) >= 11 is 0. The van der Waals surface area contributed by atoms with Gasteiger partial charge in [0.2, 0.25) is 0 Å². The molecule has 104 valence electrons. The van der Waals surface area contributed by atoms with Gasteiger partial charge in [-0.25, -0.2) is 13.4 Å². The van der Waals surface area contributed by atoms with Gasteiger partial charge in [-0.05, 0) is 24.6 Å². The number of hydrogen-bond donors (Lipinski definition) is 2. The third-order valence-corrected chi connectivity index (χ3v) is 4.23. The van der Waals surface area contributed by atoms with E-state index in [1.54, 1.807) is 18.2 Å². The fourth-order valence-corrected chi connectivity index (χ4v) is 2.62. The van der Waals surface area contributed by atoms with Gasteiger partial charge in [-0.3, -0.25) is 0 Å². The molecular weight excluding hydrogens is 262 g/mol. The molecule has 0 aliphatic carbocycles. The summed E-state index contributed by atoms with van der Waals surface area (Å²) in [6.07, 6.45) is 4.20. The summed E-state index contributed by atoms with van der Waals surface area (Å²) in [6.45, 7) is 2.11. The zero-order valence-corrected chi connectivity index (χ0v) is 12.0. The van der Waals surface area contributed by atoms with Crippen molar-refractivity contribution in [2.24, 2.45) is 5.73 Å². The lowest BCUT2D eigenvalue weighted by Crippen LogP contribution is -2.11. The third kappa shape index (κ3) is 3.13. The monoisotopic (exact) mass is 281 g/mol. The maximum atomic E-state index is 11.5. The Balaban J connectivity index is 2.35. The van der Waals surface area contributed by atoms with E-state index < -0.39 is 9.84 Å². The molecule has 0 spiro atoms. The Morgan fingerprint density at radius 1 is 1.42 bits per heavy atom. The zero-order valence-electron chi connectivity index (χ0n) is 11.2. The topological polar surface area (TPSA) is 88.8 Å². The summed E-state index contributed by atoms with van der Waals surface area (Å²) in [6, 6.07) is 4.75. The van der Waals surface area contributed by atoms with E-state index >= 15 is 0 Å². The first-order valence-electron chi connectivity index (χ1n) is 6.37. The van der Waals surface area contributed by atoms with Crippen LogP contribution in [0.3, 0.4) is 0 Å². The molecule has 19 heavy (non-hydrogen) atoms. The molecule has 0 bridgehead atoms. The van der Waals surface area contributed by atoms with Gasteiger partial charge in [-0.1, -0.05) is 19.8 Å². The van der Waals surface area contributed by atoms with Gasteiger partial charge in [0, 0.05) is 6.26 Å². The van der Waals surface area contributed by atoms with Crippen molar-refractivity contribution in [3.05, 3.63) is 24.0 Å². The highest BCUT2D eigenvalue weighted by Gasteiger charge is 2.13. The number of benzene rings is 1. The average Bonchev–Trinajstić information content (AvgIpc) is 2.77. The number of rotatable bonds is 5. The molecular formula is C13H19N3O2S. The standard InChI is InChI=1S/C13H19N3O2S/c1-3-4-5-10(14)13-15-11-7-6-9(19(2,17)18)8-12(11)16-13/h6-8,10H,3-5,14H2,1-2H3,(H,15,16). The van der Waals surface area contributed by atoms with E-state index in [4.69, 9.17) is 5.73 Å². The van der Waals surface area contributed by atoms with Gasteiger partial charge in [0.15, 0.2) is 9.84 Å². The molecule has 0 radical (unpaired) electrons. The molecule has 0 amide bonds. The van der Waals surface area contributed by atoms with Crippen LogP contribution in [0.25, 0.3) is 11.0 Å². The number of fused-ring (bicyclic) bond motifs is 1. The Morgan fingerprint density at radius 3 is 2.79 bits per heavy atom. The van der Waals surface area contributed by atoms with Crippen LogP contribution in [-0.2, 0) is 9.84 Å². The molecule has 2 rings (SSSR count). The van der Waals surface area contributed by atoms with E-state index in [0.717, 1.165) is 24.8 Å². The molecule has 5 nitrogen and oxygen atoms in total. The lowest BCUT2D eigenvalue weighted by atomic mass is 10.1. The fourth-order valence-electron chi connectivity index (χ4n) is 1.98. The van der Waals surface area contributed by atoms with Crippen molar-refractivity contribution in [1.29, 1.82) is 0 Å². The predicted molar refractivity (Wildman–Crippen MR) is 75.7 cm³/mol. The van der Waals surface area contributed by atoms with Gasteiger partial charge in [-0.2, -0.15) is 0 Å². The van der Waals surface area contributed by atoms with Crippen LogP contribution in [0.15, 0.2) is 23.1 Å². The number of nitrogens with zero attached hydrogens (tertiary/aromatic N) is 1. The Bertz CT molecular complexity index is 676. The van der Waals surface area contributed by atoms with Gasteiger partial charge >= 0.3 is 0 Å². The van der Waals surface area contributed by atoms with E-state index in [1.165, 1.54) is 6.26 Å². The minimum Gasteiger partial charge on any atom is -0.341 e. The molecule has 0 aliphatic heterocycles. The van der Waals surface area contributed by atoms with Crippen molar-refractivity contribution >= 4 is 20.9 Å². The van der Waals surface area contributed by atoms with E-state index in [-0.39, 0.29) is 10.9 Å². The van der Waals surface area contributed by atoms with Crippen LogP contribution in [0, 0.1) is 0 Å². The smallest absolute Gasteiger partial charge is 0.175 e. The number of aromatic nitrogens is 2. The van der Waals surface area contributed by atoms with Gasteiger partial charge in [0.25, 0.3) is 0 Å². The Morgan fingerprint density at radius 2 is 2.16 bits per heavy atom. The minimum absolute atomic E-state index is 0.131. The maximum Gasteiger partial charge on any atom is 0.175 e.